The van der Waals surface area contributed by atoms with Crippen molar-refractivity contribution < 1.29 is 9.53 Å². The molecule has 1 atom stereocenters. The van der Waals surface area contributed by atoms with E-state index in [9.17, 15) is 4.79 Å². The second kappa shape index (κ2) is 7.14. The second-order valence-electron chi connectivity index (χ2n) is 5.26. The third kappa shape index (κ3) is 4.74. The summed E-state index contributed by atoms with van der Waals surface area (Å²) in [4.78, 5) is 13.4. The number of anilines is 1. The van der Waals surface area contributed by atoms with Crippen LogP contribution in [-0.2, 0) is 4.79 Å². The highest BCUT2D eigenvalue weighted by Gasteiger charge is 2.22. The van der Waals surface area contributed by atoms with E-state index in [2.05, 4.69) is 10.2 Å². The largest absolute Gasteiger partial charge is 0.493 e. The molecular weight excluding hydrogens is 254 g/mol. The molecule has 1 aliphatic heterocycles. The molecule has 1 aliphatic rings. The summed E-state index contributed by atoms with van der Waals surface area (Å²) in [5.74, 6) is 0.879. The van der Waals surface area contributed by atoms with Crippen LogP contribution in [0.1, 0.15) is 19.8 Å². The van der Waals surface area contributed by atoms with Gasteiger partial charge in [0, 0.05) is 44.4 Å². The lowest BCUT2D eigenvalue weighted by atomic mass is 10.2. The Morgan fingerprint density at radius 3 is 3.15 bits per heavy atom. The van der Waals surface area contributed by atoms with Crippen molar-refractivity contribution in [3.8, 4) is 5.75 Å². The Morgan fingerprint density at radius 1 is 1.55 bits per heavy atom. The molecule has 1 heterocycles. The summed E-state index contributed by atoms with van der Waals surface area (Å²) in [6.45, 7) is 5.24. The van der Waals surface area contributed by atoms with Crippen LogP contribution < -0.4 is 15.8 Å². The first-order valence-electron chi connectivity index (χ1n) is 7.11. The molecule has 1 unspecified atom stereocenters. The summed E-state index contributed by atoms with van der Waals surface area (Å²) in [5.41, 5.74) is 6.42. The van der Waals surface area contributed by atoms with Gasteiger partial charge in [0.05, 0.1) is 6.61 Å². The molecule has 1 aromatic carbocycles. The molecule has 3 N–H and O–H groups in total. The molecule has 2 rings (SSSR count). The zero-order valence-corrected chi connectivity index (χ0v) is 12.0. The highest BCUT2D eigenvalue weighted by atomic mass is 16.5. The second-order valence-corrected chi connectivity index (χ2v) is 5.26. The molecule has 110 valence electrons. The van der Waals surface area contributed by atoms with E-state index in [0.717, 1.165) is 43.9 Å². The van der Waals surface area contributed by atoms with E-state index < -0.39 is 0 Å². The van der Waals surface area contributed by atoms with Gasteiger partial charge in [0.1, 0.15) is 5.75 Å². The molecular formula is C15H23N3O2. The van der Waals surface area contributed by atoms with Crippen molar-refractivity contribution in [2.75, 3.05) is 32.0 Å². The van der Waals surface area contributed by atoms with E-state index in [-0.39, 0.29) is 5.91 Å². The number of ether oxygens (including phenoxy) is 1. The third-order valence-corrected chi connectivity index (χ3v) is 3.43. The normalized spacial score (nSPS) is 18.9. The minimum absolute atomic E-state index is 0.0573. The number of nitrogens with two attached hydrogens (primary N) is 1. The summed E-state index contributed by atoms with van der Waals surface area (Å²) in [6, 6.07) is 7.80. The molecule has 0 radical (unpaired) electrons. The van der Waals surface area contributed by atoms with Crippen molar-refractivity contribution in [1.82, 2.24) is 10.2 Å². The number of carbonyl (C=O) groups excluding carboxylic acids is 1. The summed E-state index contributed by atoms with van der Waals surface area (Å²) in [6.07, 6.45) is 2.01. The first kappa shape index (κ1) is 14.7. The van der Waals surface area contributed by atoms with Gasteiger partial charge in [-0.15, -0.1) is 0 Å². The Hall–Kier alpha value is -1.75. The highest BCUT2D eigenvalue weighted by Crippen LogP contribution is 2.15. The summed E-state index contributed by atoms with van der Waals surface area (Å²) >= 11 is 0. The van der Waals surface area contributed by atoms with Gasteiger partial charge in [-0.25, -0.2) is 0 Å². The van der Waals surface area contributed by atoms with Crippen molar-refractivity contribution in [2.24, 2.45) is 0 Å². The molecule has 0 bridgehead atoms. The predicted octanol–water partition coefficient (Wildman–Crippen LogP) is 1.25. The van der Waals surface area contributed by atoms with E-state index >= 15 is 0 Å². The zero-order valence-electron chi connectivity index (χ0n) is 12.0. The Labute approximate surface area is 120 Å². The van der Waals surface area contributed by atoms with Crippen LogP contribution in [0.3, 0.4) is 0 Å². The van der Waals surface area contributed by atoms with Gasteiger partial charge < -0.3 is 20.7 Å². The molecule has 0 aliphatic carbocycles. The van der Waals surface area contributed by atoms with E-state index in [4.69, 9.17) is 10.5 Å². The van der Waals surface area contributed by atoms with Gasteiger partial charge in [0.25, 0.3) is 0 Å². The topological polar surface area (TPSA) is 67.6 Å². The monoisotopic (exact) mass is 277 g/mol. The maximum Gasteiger partial charge on any atom is 0.217 e. The average molecular weight is 277 g/mol. The minimum Gasteiger partial charge on any atom is -0.493 e. The van der Waals surface area contributed by atoms with Crippen LogP contribution in [0.5, 0.6) is 5.75 Å². The molecule has 20 heavy (non-hydrogen) atoms. The molecule has 1 saturated heterocycles. The summed E-state index contributed by atoms with van der Waals surface area (Å²) < 4.78 is 5.66. The number of nitrogen functional groups attached to an aromatic ring is 1. The van der Waals surface area contributed by atoms with Gasteiger partial charge in [0.2, 0.25) is 5.91 Å². The molecule has 0 saturated carbocycles. The number of likely N-dealkylation sites (tertiary alicyclic amines) is 1. The zero-order chi connectivity index (χ0) is 14.4. The number of rotatable bonds is 6. The predicted molar refractivity (Wildman–Crippen MR) is 79.6 cm³/mol. The van der Waals surface area contributed by atoms with Gasteiger partial charge in [-0.1, -0.05) is 6.07 Å². The number of carbonyl (C=O) groups is 1. The summed E-state index contributed by atoms with van der Waals surface area (Å²) in [5, 5.41) is 2.97. The number of hydrogen-bond donors (Lipinski definition) is 2. The third-order valence-electron chi connectivity index (χ3n) is 3.43. The van der Waals surface area contributed by atoms with Crippen LogP contribution in [0, 0.1) is 0 Å². The Morgan fingerprint density at radius 2 is 2.40 bits per heavy atom. The first-order valence-corrected chi connectivity index (χ1v) is 7.11. The Balaban J connectivity index is 1.61. The molecule has 0 spiro atoms. The first-order chi connectivity index (χ1) is 9.63. The lowest BCUT2D eigenvalue weighted by molar-refractivity contribution is -0.119. The van der Waals surface area contributed by atoms with Crippen LogP contribution in [0.15, 0.2) is 24.3 Å². The van der Waals surface area contributed by atoms with Gasteiger partial charge >= 0.3 is 0 Å². The molecule has 1 fully saturated rings. The lowest BCUT2D eigenvalue weighted by Crippen LogP contribution is -2.35. The number of benzene rings is 1. The molecule has 0 aromatic heterocycles. The quantitative estimate of drug-likeness (QED) is 0.606. The van der Waals surface area contributed by atoms with Crippen LogP contribution in [0.25, 0.3) is 0 Å². The fraction of sp³-hybridized carbons (Fsp3) is 0.533. The number of nitrogens with one attached hydrogen (secondary N) is 1. The van der Waals surface area contributed by atoms with Crippen LogP contribution >= 0.6 is 0 Å². The maximum absolute atomic E-state index is 11.0. The Kier molecular flexibility index (Phi) is 5.24. The smallest absolute Gasteiger partial charge is 0.217 e. The van der Waals surface area contributed by atoms with Crippen molar-refractivity contribution in [3.63, 3.8) is 0 Å². The van der Waals surface area contributed by atoms with Crippen molar-refractivity contribution in [2.45, 2.75) is 25.8 Å². The van der Waals surface area contributed by atoms with Crippen molar-refractivity contribution >= 4 is 11.6 Å². The maximum atomic E-state index is 11.0. The van der Waals surface area contributed by atoms with E-state index in [1.54, 1.807) is 6.92 Å². The minimum atomic E-state index is 0.0573. The number of hydrogen-bond acceptors (Lipinski definition) is 4. The molecule has 1 aromatic rings. The molecule has 5 heteroatoms. The van der Waals surface area contributed by atoms with E-state index in [1.807, 2.05) is 24.3 Å². The van der Waals surface area contributed by atoms with Crippen molar-refractivity contribution in [1.29, 1.82) is 0 Å². The lowest BCUT2D eigenvalue weighted by Gasteiger charge is -2.16. The SMILES string of the molecule is CC(=O)NC1CCN(CCCOc2cccc(N)c2)C1. The van der Waals surface area contributed by atoms with Gasteiger partial charge in [-0.2, -0.15) is 0 Å². The fourth-order valence-electron chi connectivity index (χ4n) is 2.52. The Bertz CT molecular complexity index is 450. The van der Waals surface area contributed by atoms with Crippen LogP contribution in [-0.4, -0.2) is 43.1 Å². The van der Waals surface area contributed by atoms with E-state index in [1.165, 1.54) is 0 Å². The highest BCUT2D eigenvalue weighted by molar-refractivity contribution is 5.73. The molecule has 1 amide bonds. The summed E-state index contributed by atoms with van der Waals surface area (Å²) in [7, 11) is 0. The van der Waals surface area contributed by atoms with Gasteiger partial charge in [-0.3, -0.25) is 4.79 Å². The van der Waals surface area contributed by atoms with Gasteiger partial charge in [-0.05, 0) is 25.0 Å². The van der Waals surface area contributed by atoms with Crippen LogP contribution in [0.4, 0.5) is 5.69 Å². The average Bonchev–Trinajstić information content (AvgIpc) is 2.81. The number of nitrogens with zero attached hydrogens (tertiary/aromatic N) is 1. The molecule has 5 nitrogen and oxygen atoms in total. The standard InChI is InChI=1S/C15H23N3O2/c1-12(19)17-14-6-8-18(11-14)7-3-9-20-15-5-2-4-13(16)10-15/h2,4-5,10,14H,3,6-9,11,16H2,1H3,(H,17,19). The van der Waals surface area contributed by atoms with Crippen molar-refractivity contribution in [3.05, 3.63) is 24.3 Å². The van der Waals surface area contributed by atoms with Gasteiger partial charge in [0.15, 0.2) is 0 Å². The van der Waals surface area contributed by atoms with E-state index in [0.29, 0.717) is 12.6 Å². The number of amides is 1. The fourth-order valence-corrected chi connectivity index (χ4v) is 2.52. The van der Waals surface area contributed by atoms with Crippen LogP contribution in [0.2, 0.25) is 0 Å².